The SMILES string of the molecule is CCCSc1nc(Cl)c2nnn([C@@]34CC[C@H](O)[C@H]3OC(C)(C)O4)c2n1. The Hall–Kier alpha value is -1.00. The highest BCUT2D eigenvalue weighted by Crippen LogP contribution is 2.50. The van der Waals surface area contributed by atoms with Gasteiger partial charge in [0.2, 0.25) is 0 Å². The molecular formula is C15H20ClN5O3S. The molecule has 1 aliphatic carbocycles. The van der Waals surface area contributed by atoms with Crippen LogP contribution in [0.1, 0.15) is 40.0 Å². The van der Waals surface area contributed by atoms with Gasteiger partial charge in [0.1, 0.15) is 6.10 Å². The van der Waals surface area contributed by atoms with Crippen LogP contribution in [0.3, 0.4) is 0 Å². The van der Waals surface area contributed by atoms with Crippen molar-refractivity contribution in [2.24, 2.45) is 0 Å². The molecule has 0 unspecified atom stereocenters. The summed E-state index contributed by atoms with van der Waals surface area (Å²) in [6.07, 6.45) is 0.947. The molecule has 10 heteroatoms. The lowest BCUT2D eigenvalue weighted by molar-refractivity contribution is -0.191. The van der Waals surface area contributed by atoms with E-state index < -0.39 is 23.7 Å². The van der Waals surface area contributed by atoms with E-state index in [0.29, 0.717) is 29.2 Å². The normalized spacial score (nSPS) is 30.9. The van der Waals surface area contributed by atoms with E-state index in [2.05, 4.69) is 27.2 Å². The third kappa shape index (κ3) is 2.73. The van der Waals surface area contributed by atoms with Gasteiger partial charge in [0.15, 0.2) is 33.0 Å². The number of aromatic nitrogens is 5. The van der Waals surface area contributed by atoms with E-state index >= 15 is 0 Å². The number of aliphatic hydroxyl groups is 1. The van der Waals surface area contributed by atoms with Gasteiger partial charge in [0.25, 0.3) is 0 Å². The molecule has 4 rings (SSSR count). The maximum absolute atomic E-state index is 10.4. The van der Waals surface area contributed by atoms with Crippen molar-refractivity contribution >= 4 is 34.5 Å². The van der Waals surface area contributed by atoms with Gasteiger partial charge < -0.3 is 14.6 Å². The predicted octanol–water partition coefficient (Wildman–Crippen LogP) is 2.34. The molecule has 0 bridgehead atoms. The van der Waals surface area contributed by atoms with Crippen molar-refractivity contribution in [1.82, 2.24) is 25.0 Å². The Labute approximate surface area is 154 Å². The van der Waals surface area contributed by atoms with Gasteiger partial charge in [-0.2, -0.15) is 4.68 Å². The van der Waals surface area contributed by atoms with Crippen LogP contribution in [0.15, 0.2) is 5.16 Å². The highest BCUT2D eigenvalue weighted by Gasteiger charge is 2.62. The minimum Gasteiger partial charge on any atom is -0.390 e. The summed E-state index contributed by atoms with van der Waals surface area (Å²) in [5, 5.41) is 19.6. The topological polar surface area (TPSA) is 95.2 Å². The van der Waals surface area contributed by atoms with Crippen molar-refractivity contribution in [3.05, 3.63) is 5.15 Å². The van der Waals surface area contributed by atoms with E-state index in [-0.39, 0.29) is 5.15 Å². The second kappa shape index (κ2) is 6.02. The van der Waals surface area contributed by atoms with E-state index in [1.165, 1.54) is 11.8 Å². The monoisotopic (exact) mass is 385 g/mol. The first-order chi connectivity index (χ1) is 11.9. The maximum atomic E-state index is 10.4. The number of rotatable bonds is 4. The lowest BCUT2D eigenvalue weighted by Crippen LogP contribution is -2.43. The molecule has 2 aliphatic rings. The van der Waals surface area contributed by atoms with Crippen LogP contribution in [-0.2, 0) is 15.2 Å². The van der Waals surface area contributed by atoms with Crippen molar-refractivity contribution < 1.29 is 14.6 Å². The van der Waals surface area contributed by atoms with Crippen molar-refractivity contribution in [2.45, 2.75) is 68.9 Å². The molecule has 0 aromatic carbocycles. The number of fused-ring (bicyclic) bond motifs is 2. The number of aliphatic hydroxyl groups excluding tert-OH is 1. The van der Waals surface area contributed by atoms with Crippen LogP contribution in [0, 0.1) is 0 Å². The molecule has 1 saturated carbocycles. The number of thioether (sulfide) groups is 1. The molecule has 3 heterocycles. The van der Waals surface area contributed by atoms with Crippen LogP contribution in [0.25, 0.3) is 11.2 Å². The Kier molecular flexibility index (Phi) is 4.19. The zero-order valence-corrected chi connectivity index (χ0v) is 15.8. The van der Waals surface area contributed by atoms with Gasteiger partial charge in [-0.05, 0) is 26.7 Å². The lowest BCUT2D eigenvalue weighted by atomic mass is 10.1. The molecule has 8 nitrogen and oxygen atoms in total. The summed E-state index contributed by atoms with van der Waals surface area (Å²) in [5.41, 5.74) is -0.0217. The Balaban J connectivity index is 1.84. The van der Waals surface area contributed by atoms with Crippen LogP contribution < -0.4 is 0 Å². The molecule has 1 N–H and O–H groups in total. The highest BCUT2D eigenvalue weighted by molar-refractivity contribution is 7.99. The number of hydrogen-bond acceptors (Lipinski definition) is 8. The molecule has 2 aromatic rings. The first-order valence-corrected chi connectivity index (χ1v) is 9.71. The van der Waals surface area contributed by atoms with Gasteiger partial charge in [0.05, 0.1) is 6.10 Å². The van der Waals surface area contributed by atoms with Gasteiger partial charge in [-0.15, -0.1) is 5.10 Å². The summed E-state index contributed by atoms with van der Waals surface area (Å²) in [6, 6.07) is 0. The molecule has 3 atom stereocenters. The lowest BCUT2D eigenvalue weighted by Gasteiger charge is -2.28. The average molecular weight is 386 g/mol. The second-order valence-electron chi connectivity index (χ2n) is 6.81. The Morgan fingerprint density at radius 1 is 1.40 bits per heavy atom. The first kappa shape index (κ1) is 17.4. The third-order valence-electron chi connectivity index (χ3n) is 4.46. The fourth-order valence-electron chi connectivity index (χ4n) is 3.53. The van der Waals surface area contributed by atoms with Crippen LogP contribution >= 0.6 is 23.4 Å². The molecule has 2 aromatic heterocycles. The molecule has 1 aliphatic heterocycles. The average Bonchev–Trinajstić information content (AvgIpc) is 3.17. The van der Waals surface area contributed by atoms with Crippen molar-refractivity contribution in [1.29, 1.82) is 0 Å². The van der Waals surface area contributed by atoms with E-state index in [0.717, 1.165) is 12.2 Å². The molecule has 2 fully saturated rings. The summed E-state index contributed by atoms with van der Waals surface area (Å²) < 4.78 is 13.8. The Morgan fingerprint density at radius 3 is 2.96 bits per heavy atom. The third-order valence-corrected chi connectivity index (χ3v) is 5.77. The quantitative estimate of drug-likeness (QED) is 0.486. The predicted molar refractivity (Wildman–Crippen MR) is 92.4 cm³/mol. The molecule has 136 valence electrons. The van der Waals surface area contributed by atoms with E-state index in [1.54, 1.807) is 4.68 Å². The van der Waals surface area contributed by atoms with E-state index in [1.807, 2.05) is 13.8 Å². The zero-order valence-electron chi connectivity index (χ0n) is 14.3. The van der Waals surface area contributed by atoms with E-state index in [4.69, 9.17) is 21.1 Å². The van der Waals surface area contributed by atoms with Gasteiger partial charge in [0, 0.05) is 12.2 Å². The van der Waals surface area contributed by atoms with Crippen molar-refractivity contribution in [2.75, 3.05) is 5.75 Å². The largest absolute Gasteiger partial charge is 0.390 e. The summed E-state index contributed by atoms with van der Waals surface area (Å²) in [5.74, 6) is 0.0590. The Morgan fingerprint density at radius 2 is 2.20 bits per heavy atom. The number of hydrogen-bond donors (Lipinski definition) is 1. The smallest absolute Gasteiger partial charge is 0.196 e. The fraction of sp³-hybridized carbons (Fsp3) is 0.733. The minimum atomic E-state index is -0.942. The standard InChI is InChI=1S/C15H20ClN5O3S/c1-4-7-25-13-17-11(16)9-12(18-13)21(20-19-9)15-6-5-8(22)10(15)23-14(2,3)24-15/h8,10,22H,4-7H2,1-3H3/t8-,10+,15+/m0/s1. The first-order valence-electron chi connectivity index (χ1n) is 8.34. The van der Waals surface area contributed by atoms with Crippen molar-refractivity contribution in [3.63, 3.8) is 0 Å². The fourth-order valence-corrected chi connectivity index (χ4v) is 4.48. The molecule has 0 radical (unpaired) electrons. The number of halogens is 1. The second-order valence-corrected chi connectivity index (χ2v) is 8.23. The van der Waals surface area contributed by atoms with E-state index in [9.17, 15) is 5.11 Å². The van der Waals surface area contributed by atoms with Gasteiger partial charge >= 0.3 is 0 Å². The summed E-state index contributed by atoms with van der Waals surface area (Å²) >= 11 is 7.82. The maximum Gasteiger partial charge on any atom is 0.196 e. The van der Waals surface area contributed by atoms with Crippen LogP contribution in [0.2, 0.25) is 5.15 Å². The van der Waals surface area contributed by atoms with Crippen LogP contribution in [0.4, 0.5) is 0 Å². The molecule has 25 heavy (non-hydrogen) atoms. The minimum absolute atomic E-state index is 0.263. The van der Waals surface area contributed by atoms with Gasteiger partial charge in [-0.3, -0.25) is 0 Å². The van der Waals surface area contributed by atoms with Gasteiger partial charge in [-0.25, -0.2) is 9.97 Å². The summed E-state index contributed by atoms with van der Waals surface area (Å²) in [7, 11) is 0. The Bertz CT molecular complexity index is 816. The molecule has 1 saturated heterocycles. The van der Waals surface area contributed by atoms with Crippen LogP contribution in [-0.4, -0.2) is 53.8 Å². The summed E-state index contributed by atoms with van der Waals surface area (Å²) in [6.45, 7) is 5.74. The molecule has 0 spiro atoms. The van der Waals surface area contributed by atoms with Crippen molar-refractivity contribution in [3.8, 4) is 0 Å². The highest BCUT2D eigenvalue weighted by atomic mass is 35.5. The number of ether oxygens (including phenoxy) is 2. The van der Waals surface area contributed by atoms with Crippen LogP contribution in [0.5, 0.6) is 0 Å². The molecular weight excluding hydrogens is 366 g/mol. The zero-order chi connectivity index (χ0) is 17.8. The number of nitrogens with zero attached hydrogens (tertiary/aromatic N) is 5. The molecule has 0 amide bonds. The summed E-state index contributed by atoms with van der Waals surface area (Å²) in [4.78, 5) is 8.88. The van der Waals surface area contributed by atoms with Gasteiger partial charge in [-0.1, -0.05) is 35.5 Å².